The molecule has 0 spiro atoms. The molecule has 1 aromatic heterocycles. The first-order chi connectivity index (χ1) is 9.87. The molecule has 7 nitrogen and oxygen atoms in total. The van der Waals surface area contributed by atoms with Gasteiger partial charge in [-0.2, -0.15) is 15.0 Å². The molecule has 0 aliphatic carbocycles. The fourth-order valence-corrected chi connectivity index (χ4v) is 1.86. The van der Waals surface area contributed by atoms with E-state index in [4.69, 9.17) is 4.74 Å². The minimum atomic E-state index is -0.646. The maximum atomic E-state index is 12.1. The molecule has 1 N–H and O–H groups in total. The second-order valence-electron chi connectivity index (χ2n) is 5.33. The van der Waals surface area contributed by atoms with Crippen molar-refractivity contribution in [3.63, 3.8) is 0 Å². The summed E-state index contributed by atoms with van der Waals surface area (Å²) < 4.78 is 6.34. The molecule has 1 aromatic carbocycles. The number of benzene rings is 1. The molecule has 0 saturated carbocycles. The van der Waals surface area contributed by atoms with Crippen molar-refractivity contribution in [1.82, 2.24) is 9.78 Å². The number of carbonyl (C=O) groups excluding carboxylic acids is 2. The lowest BCUT2D eigenvalue weighted by Crippen LogP contribution is -2.27. The summed E-state index contributed by atoms with van der Waals surface area (Å²) in [5.74, 6) is 0. The van der Waals surface area contributed by atoms with Gasteiger partial charge in [-0.15, -0.1) is 0 Å². The molecule has 0 aliphatic rings. The van der Waals surface area contributed by atoms with Gasteiger partial charge < -0.3 is 10.1 Å². The molecular formula is C14H14N4O3. The van der Waals surface area contributed by atoms with Gasteiger partial charge in [0.05, 0.1) is 23.0 Å². The second kappa shape index (κ2) is 5.25. The molecule has 7 heteroatoms. The molecule has 1 heterocycles. The molecular weight excluding hydrogens is 272 g/mol. The Morgan fingerprint density at radius 3 is 2.76 bits per heavy atom. The largest absolute Gasteiger partial charge is 0.442 e. The number of fused-ring (bicyclic) bond motifs is 1. The summed E-state index contributed by atoms with van der Waals surface area (Å²) in [4.78, 5) is 22.6. The normalized spacial score (nSPS) is 11.0. The molecule has 0 unspecified atom stereocenters. The molecule has 21 heavy (non-hydrogen) atoms. The van der Waals surface area contributed by atoms with Crippen LogP contribution in [0.4, 0.5) is 10.5 Å². The maximum Gasteiger partial charge on any atom is 0.435 e. The predicted octanol–water partition coefficient (Wildman–Crippen LogP) is 2.26. The monoisotopic (exact) mass is 286 g/mol. The van der Waals surface area contributed by atoms with Gasteiger partial charge >= 0.3 is 6.09 Å². The fourth-order valence-electron chi connectivity index (χ4n) is 1.86. The van der Waals surface area contributed by atoms with Crippen molar-refractivity contribution >= 4 is 29.1 Å². The topological polar surface area (TPSA) is 97.0 Å². The molecule has 1 amide bonds. The van der Waals surface area contributed by atoms with Crippen LogP contribution < -0.4 is 5.32 Å². The molecule has 0 bridgehead atoms. The Hall–Kier alpha value is -2.88. The molecule has 108 valence electrons. The van der Waals surface area contributed by atoms with Crippen LogP contribution in [0.15, 0.2) is 18.3 Å². The Morgan fingerprint density at radius 1 is 1.48 bits per heavy atom. The molecule has 0 fully saturated rings. The van der Waals surface area contributed by atoms with Crippen LogP contribution in [0.25, 0.3) is 10.9 Å². The van der Waals surface area contributed by atoms with E-state index in [0.717, 1.165) is 4.68 Å². The molecule has 0 atom stereocenters. The lowest BCUT2D eigenvalue weighted by molar-refractivity contribution is -0.105. The Balaban J connectivity index is 2.53. The highest BCUT2D eigenvalue weighted by atomic mass is 16.6. The quantitative estimate of drug-likeness (QED) is 0.854. The minimum absolute atomic E-state index is 0.245. The highest BCUT2D eigenvalue weighted by molar-refractivity contribution is 5.96. The van der Waals surface area contributed by atoms with Crippen molar-refractivity contribution < 1.29 is 14.3 Å². The van der Waals surface area contributed by atoms with Crippen molar-refractivity contribution in [2.24, 2.45) is 0 Å². The van der Waals surface area contributed by atoms with E-state index < -0.39 is 11.7 Å². The zero-order valence-electron chi connectivity index (χ0n) is 11.9. The van der Waals surface area contributed by atoms with Crippen molar-refractivity contribution in [2.45, 2.75) is 26.4 Å². The highest BCUT2D eigenvalue weighted by Gasteiger charge is 2.21. The average molecular weight is 286 g/mol. The first kappa shape index (κ1) is 14.5. The van der Waals surface area contributed by atoms with Gasteiger partial charge in [-0.1, -0.05) is 0 Å². The van der Waals surface area contributed by atoms with E-state index in [1.807, 2.05) is 6.07 Å². The number of nitriles is 1. The SMILES string of the molecule is CC(C)(C)OC(=O)n1ncc2c(C#N)c(NC=O)ccc21. The average Bonchev–Trinajstić information content (AvgIpc) is 2.80. The molecule has 2 rings (SSSR count). The van der Waals surface area contributed by atoms with Crippen LogP contribution >= 0.6 is 0 Å². The van der Waals surface area contributed by atoms with Crippen molar-refractivity contribution in [1.29, 1.82) is 5.26 Å². The number of nitrogens with one attached hydrogen (secondary N) is 1. The first-order valence-electron chi connectivity index (χ1n) is 6.22. The van der Waals surface area contributed by atoms with Gasteiger partial charge in [0, 0.05) is 5.39 Å². The molecule has 0 aliphatic heterocycles. The summed E-state index contributed by atoms with van der Waals surface area (Å²) in [5, 5.41) is 16.1. The van der Waals surface area contributed by atoms with Gasteiger partial charge in [-0.25, -0.2) is 4.79 Å². The Morgan fingerprint density at radius 2 is 2.19 bits per heavy atom. The van der Waals surface area contributed by atoms with E-state index in [2.05, 4.69) is 10.4 Å². The number of rotatable bonds is 2. The zero-order chi connectivity index (χ0) is 15.6. The number of nitrogens with zero attached hydrogens (tertiary/aromatic N) is 3. The molecule has 0 saturated heterocycles. The van der Waals surface area contributed by atoms with Gasteiger partial charge in [-0.05, 0) is 32.9 Å². The third kappa shape index (κ3) is 2.84. The second-order valence-corrected chi connectivity index (χ2v) is 5.33. The van der Waals surface area contributed by atoms with Gasteiger partial charge in [-0.3, -0.25) is 4.79 Å². The summed E-state index contributed by atoms with van der Waals surface area (Å²) in [7, 11) is 0. The summed E-state index contributed by atoms with van der Waals surface area (Å²) in [6.07, 6.45) is 1.26. The number of ether oxygens (including phenoxy) is 1. The lowest BCUT2D eigenvalue weighted by atomic mass is 10.1. The number of carbonyl (C=O) groups is 2. The maximum absolute atomic E-state index is 12.1. The van der Waals surface area contributed by atoms with Crippen molar-refractivity contribution in [2.75, 3.05) is 5.32 Å². The lowest BCUT2D eigenvalue weighted by Gasteiger charge is -2.19. The van der Waals surface area contributed by atoms with Gasteiger partial charge in [0.15, 0.2) is 0 Å². The van der Waals surface area contributed by atoms with E-state index in [9.17, 15) is 14.9 Å². The van der Waals surface area contributed by atoms with E-state index in [0.29, 0.717) is 23.0 Å². The molecule has 2 aromatic rings. The Labute approximate surface area is 121 Å². The predicted molar refractivity (Wildman–Crippen MR) is 75.8 cm³/mol. The number of aromatic nitrogens is 2. The van der Waals surface area contributed by atoms with Crippen LogP contribution in [-0.4, -0.2) is 27.9 Å². The van der Waals surface area contributed by atoms with Gasteiger partial charge in [0.25, 0.3) is 0 Å². The van der Waals surface area contributed by atoms with Gasteiger partial charge in [0.1, 0.15) is 11.7 Å². The van der Waals surface area contributed by atoms with Crippen LogP contribution in [0.3, 0.4) is 0 Å². The van der Waals surface area contributed by atoms with Crippen LogP contribution in [0.2, 0.25) is 0 Å². The zero-order valence-corrected chi connectivity index (χ0v) is 11.9. The first-order valence-corrected chi connectivity index (χ1v) is 6.22. The van der Waals surface area contributed by atoms with E-state index in [1.54, 1.807) is 26.8 Å². The minimum Gasteiger partial charge on any atom is -0.442 e. The third-order valence-electron chi connectivity index (χ3n) is 2.65. The standard InChI is InChI=1S/C14H14N4O3/c1-14(2,3)21-13(20)18-12-5-4-11(16-8-19)9(6-15)10(12)7-17-18/h4-5,7-8H,1-3H3,(H,16,19). The summed E-state index contributed by atoms with van der Waals surface area (Å²) in [6, 6.07) is 5.13. The number of anilines is 1. The van der Waals surface area contributed by atoms with Crippen LogP contribution in [0.1, 0.15) is 26.3 Å². The smallest absolute Gasteiger partial charge is 0.435 e. The number of hydrogen-bond donors (Lipinski definition) is 1. The number of hydrogen-bond acceptors (Lipinski definition) is 5. The molecule has 0 radical (unpaired) electrons. The van der Waals surface area contributed by atoms with E-state index in [-0.39, 0.29) is 5.56 Å². The Bertz CT molecular complexity index is 750. The Kier molecular flexibility index (Phi) is 3.63. The number of amides is 1. The third-order valence-corrected chi connectivity index (χ3v) is 2.65. The highest BCUT2D eigenvalue weighted by Crippen LogP contribution is 2.25. The summed E-state index contributed by atoms with van der Waals surface area (Å²) in [6.45, 7) is 5.26. The van der Waals surface area contributed by atoms with Crippen molar-refractivity contribution in [3.8, 4) is 6.07 Å². The van der Waals surface area contributed by atoms with E-state index in [1.165, 1.54) is 12.3 Å². The summed E-state index contributed by atoms with van der Waals surface area (Å²) in [5.41, 5.74) is 0.405. The fraction of sp³-hybridized carbons (Fsp3) is 0.286. The van der Waals surface area contributed by atoms with Crippen LogP contribution in [-0.2, 0) is 9.53 Å². The van der Waals surface area contributed by atoms with Gasteiger partial charge in [0.2, 0.25) is 6.41 Å². The van der Waals surface area contributed by atoms with E-state index >= 15 is 0 Å². The van der Waals surface area contributed by atoms with Crippen molar-refractivity contribution in [3.05, 3.63) is 23.9 Å². The van der Waals surface area contributed by atoms with Crippen LogP contribution in [0.5, 0.6) is 0 Å². The summed E-state index contributed by atoms with van der Waals surface area (Å²) >= 11 is 0. The van der Waals surface area contributed by atoms with Crippen LogP contribution in [0, 0.1) is 11.3 Å².